The van der Waals surface area contributed by atoms with Gasteiger partial charge >= 0.3 is 5.97 Å². The minimum Gasteiger partial charge on any atom is -0.453 e. The third kappa shape index (κ3) is 5.50. The van der Waals surface area contributed by atoms with E-state index in [1.54, 1.807) is 19.9 Å². The molecule has 1 aliphatic heterocycles. The van der Waals surface area contributed by atoms with E-state index in [0.29, 0.717) is 23.8 Å². The van der Waals surface area contributed by atoms with Crippen molar-refractivity contribution in [1.82, 2.24) is 0 Å². The lowest BCUT2D eigenvalue weighted by atomic mass is 9.33. The van der Waals surface area contributed by atoms with E-state index >= 15 is 0 Å². The van der Waals surface area contributed by atoms with Crippen molar-refractivity contribution in [3.63, 3.8) is 0 Å². The lowest BCUT2D eigenvalue weighted by Gasteiger charge is -2.71. The quantitative estimate of drug-likeness (QED) is 0.115. The van der Waals surface area contributed by atoms with Gasteiger partial charge in [0.25, 0.3) is 0 Å². The molecule has 5 aliphatic carbocycles. The standard InChI is InChI=1S/C41H64O10/c1-10-21(2)35(48)51-34-32(46)26(19-42)50-36(33(34)47)49-25-17-41(20-43)30(45)18-40(9)24(31(41)23(4)22(25)3)11-12-28-38(7)15-14-29(44)37(5,6)27(38)13-16-39(28,40)8/h10-11,22-23,25-29,31-34,36,42-44,46-47H,12-20H2,1-9H3/b21-10-/t22-,23-,25?,26+,27?,28?,29-,31?,32+,33+,34-,36+,38-,39+,40+,41-/m0/s1. The minimum absolute atomic E-state index is 0.0398. The van der Waals surface area contributed by atoms with E-state index in [2.05, 4.69) is 54.5 Å². The molecule has 0 aromatic carbocycles. The zero-order valence-electron chi connectivity index (χ0n) is 32.2. The number of aliphatic hydroxyl groups is 5. The van der Waals surface area contributed by atoms with Gasteiger partial charge in [-0.2, -0.15) is 0 Å². The maximum Gasteiger partial charge on any atom is 0.333 e. The van der Waals surface area contributed by atoms with Gasteiger partial charge in [0, 0.05) is 17.4 Å². The maximum absolute atomic E-state index is 14.8. The highest BCUT2D eigenvalue weighted by atomic mass is 16.7. The van der Waals surface area contributed by atoms with Crippen molar-refractivity contribution < 1.29 is 49.3 Å². The van der Waals surface area contributed by atoms with Gasteiger partial charge in [0.15, 0.2) is 12.4 Å². The van der Waals surface area contributed by atoms with E-state index in [9.17, 15) is 35.1 Å². The molecule has 0 bridgehead atoms. The molecule has 4 saturated carbocycles. The molecule has 16 atom stereocenters. The van der Waals surface area contributed by atoms with Crippen LogP contribution in [-0.4, -0.2) is 93.4 Å². The number of esters is 1. The van der Waals surface area contributed by atoms with Crippen molar-refractivity contribution in [2.24, 2.45) is 56.7 Å². The molecule has 0 aromatic heterocycles. The Morgan fingerprint density at radius 3 is 2.31 bits per heavy atom. The van der Waals surface area contributed by atoms with Crippen molar-refractivity contribution in [1.29, 1.82) is 0 Å². The van der Waals surface area contributed by atoms with Gasteiger partial charge in [0.05, 0.1) is 30.8 Å². The number of hydrogen-bond acceptors (Lipinski definition) is 10. The smallest absolute Gasteiger partial charge is 0.333 e. The zero-order chi connectivity index (χ0) is 37.6. The van der Waals surface area contributed by atoms with Crippen molar-refractivity contribution in [2.75, 3.05) is 13.2 Å². The number of ketones is 1. The van der Waals surface area contributed by atoms with Crippen molar-refractivity contribution >= 4 is 11.8 Å². The second kappa shape index (κ2) is 13.3. The van der Waals surface area contributed by atoms with Gasteiger partial charge in [-0.15, -0.1) is 0 Å². The first-order valence-electron chi connectivity index (χ1n) is 19.4. The normalized spacial score (nSPS) is 51.0. The van der Waals surface area contributed by atoms with E-state index in [-0.39, 0.29) is 64.3 Å². The molecule has 6 aliphatic rings. The monoisotopic (exact) mass is 716 g/mol. The fourth-order valence-electron chi connectivity index (χ4n) is 12.7. The second-order valence-corrected chi connectivity index (χ2v) is 18.7. The highest BCUT2D eigenvalue weighted by Gasteiger charge is 2.71. The molecule has 6 rings (SSSR count). The Morgan fingerprint density at radius 2 is 1.69 bits per heavy atom. The van der Waals surface area contributed by atoms with E-state index in [1.807, 2.05) is 0 Å². The SMILES string of the molecule is C/C=C(/C)C(=O)O[C@@H]1[C@@H](O)[C@H](OC2C[C@]3(CO)C(=O)C[C@]4(C)C(=CCC5[C@@]6(C)CC[C@H](O)C(C)(C)C6CC[C@]54C)C3[C@@H](C)[C@@H]2C)O[C@H](CO)[C@H]1O. The summed E-state index contributed by atoms with van der Waals surface area (Å²) in [6.07, 6.45) is 1.30. The molecule has 5 N–H and O–H groups in total. The highest BCUT2D eigenvalue weighted by molar-refractivity contribution is 5.89. The summed E-state index contributed by atoms with van der Waals surface area (Å²) in [6.45, 7) is 18.2. The number of carbonyl (C=O) groups excluding carboxylic acids is 2. The van der Waals surface area contributed by atoms with Gasteiger partial charge in [0.2, 0.25) is 0 Å². The number of fused-ring (bicyclic) bond motifs is 7. The van der Waals surface area contributed by atoms with Crippen LogP contribution >= 0.6 is 0 Å². The molecule has 5 fully saturated rings. The number of hydrogen-bond donors (Lipinski definition) is 5. The van der Waals surface area contributed by atoms with Crippen LogP contribution < -0.4 is 0 Å². The van der Waals surface area contributed by atoms with Crippen molar-refractivity contribution in [3.05, 3.63) is 23.3 Å². The number of carbonyl (C=O) groups is 2. The van der Waals surface area contributed by atoms with Crippen LogP contribution in [0.5, 0.6) is 0 Å². The Balaban J connectivity index is 1.31. The summed E-state index contributed by atoms with van der Waals surface area (Å²) >= 11 is 0. The third-order valence-electron chi connectivity index (χ3n) is 16.4. The Bertz CT molecular complexity index is 1440. The highest BCUT2D eigenvalue weighted by Crippen LogP contribution is 2.75. The predicted molar refractivity (Wildman–Crippen MR) is 190 cm³/mol. The second-order valence-electron chi connectivity index (χ2n) is 18.7. The van der Waals surface area contributed by atoms with Crippen LogP contribution in [0.4, 0.5) is 0 Å². The molecule has 0 radical (unpaired) electrons. The van der Waals surface area contributed by atoms with Crippen LogP contribution in [0.25, 0.3) is 0 Å². The molecular formula is C41H64O10. The average molecular weight is 717 g/mol. The Morgan fingerprint density at radius 1 is 1.00 bits per heavy atom. The first-order chi connectivity index (χ1) is 23.8. The van der Waals surface area contributed by atoms with E-state index in [0.717, 1.165) is 32.1 Å². The fraction of sp³-hybridized carbons (Fsp3) is 0.854. The third-order valence-corrected chi connectivity index (χ3v) is 16.4. The van der Waals surface area contributed by atoms with Gasteiger partial charge in [-0.1, -0.05) is 66.2 Å². The zero-order valence-corrected chi connectivity index (χ0v) is 32.2. The Kier molecular flexibility index (Phi) is 10.2. The molecule has 10 nitrogen and oxygen atoms in total. The molecule has 1 saturated heterocycles. The Hall–Kier alpha value is -1.66. The van der Waals surface area contributed by atoms with Crippen molar-refractivity contribution in [3.8, 4) is 0 Å². The summed E-state index contributed by atoms with van der Waals surface area (Å²) in [5.74, 6) is -0.300. The molecule has 0 amide bonds. The van der Waals surface area contributed by atoms with E-state index in [1.165, 1.54) is 5.57 Å². The number of Topliss-reactive ketones (excluding diaryl/α,β-unsaturated/α-hetero) is 1. The average Bonchev–Trinajstić information content (AvgIpc) is 3.08. The molecule has 288 valence electrons. The molecular weight excluding hydrogens is 652 g/mol. The summed E-state index contributed by atoms with van der Waals surface area (Å²) < 4.78 is 17.9. The van der Waals surface area contributed by atoms with Crippen molar-refractivity contribution in [2.45, 2.75) is 150 Å². The summed E-state index contributed by atoms with van der Waals surface area (Å²) in [5, 5.41) is 54.6. The predicted octanol–water partition coefficient (Wildman–Crippen LogP) is 4.49. The van der Waals surface area contributed by atoms with Crippen LogP contribution in [-0.2, 0) is 23.8 Å². The van der Waals surface area contributed by atoms with Crippen LogP contribution in [0.2, 0.25) is 0 Å². The molecule has 10 heteroatoms. The summed E-state index contributed by atoms with van der Waals surface area (Å²) in [7, 11) is 0. The number of ether oxygens (including phenoxy) is 3. The lowest BCUT2D eigenvalue weighted by Crippen LogP contribution is -2.68. The van der Waals surface area contributed by atoms with Gasteiger partial charge < -0.3 is 39.7 Å². The molecule has 0 aromatic rings. The van der Waals surface area contributed by atoms with Crippen LogP contribution in [0.15, 0.2) is 23.3 Å². The lowest BCUT2D eigenvalue weighted by molar-refractivity contribution is -0.322. The van der Waals surface area contributed by atoms with E-state index in [4.69, 9.17) is 14.2 Å². The van der Waals surface area contributed by atoms with E-state index < -0.39 is 54.8 Å². The Labute approximate surface area is 304 Å². The molecule has 0 spiro atoms. The number of allylic oxidation sites excluding steroid dienone is 3. The topological polar surface area (TPSA) is 163 Å². The van der Waals surface area contributed by atoms with Gasteiger partial charge in [-0.3, -0.25) is 4.79 Å². The van der Waals surface area contributed by atoms with Gasteiger partial charge in [-0.05, 0) is 98.2 Å². The minimum atomic E-state index is -1.56. The molecule has 4 unspecified atom stereocenters. The number of aliphatic hydroxyl groups excluding tert-OH is 5. The number of rotatable bonds is 6. The van der Waals surface area contributed by atoms with Gasteiger partial charge in [0.1, 0.15) is 24.1 Å². The first-order valence-corrected chi connectivity index (χ1v) is 19.4. The van der Waals surface area contributed by atoms with Crippen LogP contribution in [0.1, 0.15) is 107 Å². The summed E-state index contributed by atoms with van der Waals surface area (Å²) in [5.41, 5.74) is -0.157. The molecule has 51 heavy (non-hydrogen) atoms. The maximum atomic E-state index is 14.8. The summed E-state index contributed by atoms with van der Waals surface area (Å²) in [6, 6.07) is 0. The first kappa shape index (κ1) is 39.0. The van der Waals surface area contributed by atoms with Crippen LogP contribution in [0.3, 0.4) is 0 Å². The van der Waals surface area contributed by atoms with Gasteiger partial charge in [-0.25, -0.2) is 4.79 Å². The molecule has 1 heterocycles. The largest absolute Gasteiger partial charge is 0.453 e. The fourth-order valence-corrected chi connectivity index (χ4v) is 12.7. The van der Waals surface area contributed by atoms with Crippen LogP contribution in [0, 0.1) is 56.7 Å². The summed E-state index contributed by atoms with van der Waals surface area (Å²) in [4.78, 5) is 27.5.